The molecule has 0 spiro atoms. The Balaban J connectivity index is 1.89. The first-order valence-corrected chi connectivity index (χ1v) is 10.6. The number of ether oxygens (including phenoxy) is 1. The number of rotatable bonds is 4. The van der Waals surface area contributed by atoms with Crippen LogP contribution in [0.2, 0.25) is 0 Å². The molecule has 8 nitrogen and oxygen atoms in total. The van der Waals surface area contributed by atoms with Crippen LogP contribution in [0.4, 0.5) is 0 Å². The van der Waals surface area contributed by atoms with E-state index in [0.717, 1.165) is 43.4 Å². The standard InChI is InChI=1S/C22H28N6O2/c1-22(2,27-10-12-30-13-11-27)20(28-16-25-18-15-24-7-6-19(18)28)17(14-23)21(29)26-8-4-3-5-9-26/h6-7,15-16H,3-5,8-13H2,1-2H3. The molecule has 0 aromatic carbocycles. The van der Waals surface area contributed by atoms with Crippen LogP contribution in [0, 0.1) is 11.3 Å². The zero-order chi connectivity index (χ0) is 21.1. The Morgan fingerprint density at radius 1 is 1.17 bits per heavy atom. The first-order valence-electron chi connectivity index (χ1n) is 10.6. The Morgan fingerprint density at radius 3 is 2.60 bits per heavy atom. The van der Waals surface area contributed by atoms with Crippen LogP contribution in [0.25, 0.3) is 16.7 Å². The monoisotopic (exact) mass is 408 g/mol. The van der Waals surface area contributed by atoms with Crippen molar-refractivity contribution in [2.24, 2.45) is 0 Å². The van der Waals surface area contributed by atoms with Gasteiger partial charge in [-0.3, -0.25) is 19.2 Å². The molecule has 0 unspecified atom stereocenters. The largest absolute Gasteiger partial charge is 0.379 e. The van der Waals surface area contributed by atoms with Gasteiger partial charge in [0, 0.05) is 32.4 Å². The molecule has 8 heteroatoms. The smallest absolute Gasteiger partial charge is 0.266 e. The van der Waals surface area contributed by atoms with Crippen molar-refractivity contribution >= 4 is 22.6 Å². The summed E-state index contributed by atoms with van der Waals surface area (Å²) in [5.41, 5.74) is 1.84. The Morgan fingerprint density at radius 2 is 1.90 bits per heavy atom. The minimum atomic E-state index is -0.572. The van der Waals surface area contributed by atoms with E-state index in [1.165, 1.54) is 0 Å². The molecule has 4 heterocycles. The Labute approximate surface area is 176 Å². The zero-order valence-electron chi connectivity index (χ0n) is 17.7. The van der Waals surface area contributed by atoms with Gasteiger partial charge in [0.15, 0.2) is 0 Å². The lowest BCUT2D eigenvalue weighted by atomic mass is 9.92. The van der Waals surface area contributed by atoms with Gasteiger partial charge in [-0.15, -0.1) is 0 Å². The lowest BCUT2D eigenvalue weighted by Crippen LogP contribution is -2.52. The van der Waals surface area contributed by atoms with Crippen molar-refractivity contribution in [2.45, 2.75) is 38.6 Å². The van der Waals surface area contributed by atoms with Crippen LogP contribution in [-0.2, 0) is 9.53 Å². The third-order valence-corrected chi connectivity index (χ3v) is 6.18. The summed E-state index contributed by atoms with van der Waals surface area (Å²) in [5, 5.41) is 10.2. The topological polar surface area (TPSA) is 87.3 Å². The van der Waals surface area contributed by atoms with E-state index >= 15 is 0 Å². The first-order chi connectivity index (χ1) is 14.5. The van der Waals surface area contributed by atoms with Crippen LogP contribution in [0.15, 0.2) is 30.4 Å². The van der Waals surface area contributed by atoms with Crippen molar-refractivity contribution in [1.29, 1.82) is 5.26 Å². The summed E-state index contributed by atoms with van der Waals surface area (Å²) < 4.78 is 7.44. The van der Waals surface area contributed by atoms with Crippen molar-refractivity contribution in [3.8, 4) is 6.07 Å². The van der Waals surface area contributed by atoms with Gasteiger partial charge in [-0.1, -0.05) is 0 Å². The van der Waals surface area contributed by atoms with Crippen LogP contribution in [-0.4, -0.2) is 75.2 Å². The molecule has 0 atom stereocenters. The first kappa shape index (κ1) is 20.5. The van der Waals surface area contributed by atoms with E-state index < -0.39 is 5.54 Å². The molecule has 2 aromatic heterocycles. The summed E-state index contributed by atoms with van der Waals surface area (Å²) in [7, 11) is 0. The number of likely N-dealkylation sites (tertiary alicyclic amines) is 1. The van der Waals surface area contributed by atoms with E-state index in [0.29, 0.717) is 32.0 Å². The molecule has 2 aliphatic rings. The van der Waals surface area contributed by atoms with Gasteiger partial charge in [0.2, 0.25) is 0 Å². The molecule has 2 aromatic rings. The van der Waals surface area contributed by atoms with E-state index in [-0.39, 0.29) is 11.5 Å². The van der Waals surface area contributed by atoms with E-state index in [1.807, 2.05) is 15.5 Å². The second-order valence-corrected chi connectivity index (χ2v) is 8.33. The molecule has 2 saturated heterocycles. The van der Waals surface area contributed by atoms with E-state index in [4.69, 9.17) is 4.74 Å². The summed E-state index contributed by atoms with van der Waals surface area (Å²) in [6, 6.07) is 4.14. The van der Waals surface area contributed by atoms with Crippen LogP contribution >= 0.6 is 0 Å². The van der Waals surface area contributed by atoms with Crippen molar-refractivity contribution < 1.29 is 9.53 Å². The third-order valence-electron chi connectivity index (χ3n) is 6.18. The number of carbonyl (C=O) groups excluding carboxylic acids is 1. The number of piperidine rings is 1. The fourth-order valence-electron chi connectivity index (χ4n) is 4.49. The Bertz CT molecular complexity index is 990. The average molecular weight is 409 g/mol. The summed E-state index contributed by atoms with van der Waals surface area (Å²) in [4.78, 5) is 26.2. The minimum Gasteiger partial charge on any atom is -0.379 e. The molecular formula is C22H28N6O2. The van der Waals surface area contributed by atoms with Gasteiger partial charge < -0.3 is 9.64 Å². The normalized spacial score (nSPS) is 19.4. The molecule has 0 bridgehead atoms. The summed E-state index contributed by atoms with van der Waals surface area (Å²) in [6.07, 6.45) is 8.19. The molecule has 4 rings (SSSR count). The van der Waals surface area contributed by atoms with Crippen molar-refractivity contribution in [1.82, 2.24) is 24.3 Å². The molecule has 0 radical (unpaired) electrons. The van der Waals surface area contributed by atoms with E-state index in [2.05, 4.69) is 34.8 Å². The number of morpholine rings is 1. The zero-order valence-corrected chi connectivity index (χ0v) is 17.7. The number of aromatic nitrogens is 3. The summed E-state index contributed by atoms with van der Waals surface area (Å²) in [6.45, 7) is 8.28. The second kappa shape index (κ2) is 8.54. The van der Waals surface area contributed by atoms with Crippen LogP contribution in [0.5, 0.6) is 0 Å². The average Bonchev–Trinajstić information content (AvgIpc) is 3.21. The highest BCUT2D eigenvalue weighted by molar-refractivity contribution is 6.04. The highest BCUT2D eigenvalue weighted by atomic mass is 16.5. The molecule has 30 heavy (non-hydrogen) atoms. The molecule has 2 aliphatic heterocycles. The van der Waals surface area contributed by atoms with Gasteiger partial charge in [0.25, 0.3) is 5.91 Å². The van der Waals surface area contributed by atoms with Gasteiger partial charge in [0.1, 0.15) is 23.5 Å². The van der Waals surface area contributed by atoms with Gasteiger partial charge in [-0.25, -0.2) is 4.98 Å². The summed E-state index contributed by atoms with van der Waals surface area (Å²) >= 11 is 0. The number of hydrogen-bond donors (Lipinski definition) is 0. The fourth-order valence-corrected chi connectivity index (χ4v) is 4.49. The van der Waals surface area contributed by atoms with Crippen molar-refractivity contribution in [3.63, 3.8) is 0 Å². The predicted molar refractivity (Wildman–Crippen MR) is 113 cm³/mol. The minimum absolute atomic E-state index is 0.185. The van der Waals surface area contributed by atoms with Gasteiger partial charge in [0.05, 0.1) is 36.2 Å². The summed E-state index contributed by atoms with van der Waals surface area (Å²) in [5.74, 6) is -0.190. The Kier molecular flexibility index (Phi) is 5.84. The Hall–Kier alpha value is -2.76. The maximum Gasteiger partial charge on any atom is 0.266 e. The maximum absolute atomic E-state index is 13.5. The maximum atomic E-state index is 13.5. The highest BCUT2D eigenvalue weighted by Crippen LogP contribution is 2.34. The molecule has 0 saturated carbocycles. The number of amides is 1. The predicted octanol–water partition coefficient (Wildman–Crippen LogP) is 2.29. The van der Waals surface area contributed by atoms with E-state index in [9.17, 15) is 10.1 Å². The van der Waals surface area contributed by atoms with Crippen molar-refractivity contribution in [3.05, 3.63) is 30.4 Å². The molecule has 158 valence electrons. The van der Waals surface area contributed by atoms with Crippen LogP contribution < -0.4 is 0 Å². The SMILES string of the molecule is CC(C)(C(=C(C#N)C(=O)N1CCCCC1)n1cnc2cnccc21)N1CCOCC1. The number of fused-ring (bicyclic) bond motifs is 1. The highest BCUT2D eigenvalue weighted by Gasteiger charge is 2.38. The molecular weight excluding hydrogens is 380 g/mol. The van der Waals surface area contributed by atoms with Gasteiger partial charge >= 0.3 is 0 Å². The molecule has 0 N–H and O–H groups in total. The van der Waals surface area contributed by atoms with Crippen molar-refractivity contribution in [2.75, 3.05) is 39.4 Å². The second-order valence-electron chi connectivity index (χ2n) is 8.33. The quantitative estimate of drug-likeness (QED) is 0.570. The number of pyridine rings is 1. The number of carbonyl (C=O) groups is 1. The lowest BCUT2D eigenvalue weighted by Gasteiger charge is -2.43. The third kappa shape index (κ3) is 3.71. The number of hydrogen-bond acceptors (Lipinski definition) is 6. The number of nitrogens with zero attached hydrogens (tertiary/aromatic N) is 6. The molecule has 2 fully saturated rings. The molecule has 0 aliphatic carbocycles. The van der Waals surface area contributed by atoms with Crippen LogP contribution in [0.3, 0.4) is 0 Å². The van der Waals surface area contributed by atoms with Crippen LogP contribution in [0.1, 0.15) is 33.1 Å². The fraction of sp³-hybridized carbons (Fsp3) is 0.545. The van der Waals surface area contributed by atoms with E-state index in [1.54, 1.807) is 18.7 Å². The number of nitriles is 1. The van der Waals surface area contributed by atoms with Gasteiger partial charge in [-0.2, -0.15) is 5.26 Å². The van der Waals surface area contributed by atoms with Gasteiger partial charge in [-0.05, 0) is 39.2 Å². The molecule has 1 amide bonds. The number of imidazole rings is 1. The lowest BCUT2D eigenvalue weighted by molar-refractivity contribution is -0.127.